The first-order chi connectivity index (χ1) is 19.3. The molecule has 0 N–H and O–H groups in total. The molecule has 0 fully saturated rings. The summed E-state index contributed by atoms with van der Waals surface area (Å²) < 4.78 is 2.72. The number of hydrogen-bond acceptors (Lipinski definition) is 2. The fourth-order valence-corrected chi connectivity index (χ4v) is 7.45. The van der Waals surface area contributed by atoms with Gasteiger partial charge in [0.05, 0.1) is 11.2 Å². The van der Waals surface area contributed by atoms with Gasteiger partial charge < -0.3 is 0 Å². The molecule has 0 saturated heterocycles. The van der Waals surface area contributed by atoms with Crippen LogP contribution in [0.25, 0.3) is 85.8 Å². The van der Waals surface area contributed by atoms with E-state index < -0.39 is 0 Å². The molecule has 0 atom stereocenters. The number of hydrogen-bond donors (Lipinski definition) is 0. The minimum atomic E-state index is 1.00. The molecule has 39 heavy (non-hydrogen) atoms. The van der Waals surface area contributed by atoms with Gasteiger partial charge in [0.25, 0.3) is 0 Å². The number of thiophene rings is 1. The van der Waals surface area contributed by atoms with Crippen LogP contribution in [0.5, 0.6) is 0 Å². The van der Waals surface area contributed by atoms with Crippen molar-refractivity contribution in [3.63, 3.8) is 0 Å². The molecule has 1 nitrogen and oxygen atoms in total. The van der Waals surface area contributed by atoms with E-state index in [4.69, 9.17) is 4.98 Å². The predicted octanol–water partition coefficient (Wildman–Crippen LogP) is 10.8. The first-order valence-electron chi connectivity index (χ1n) is 13.3. The van der Waals surface area contributed by atoms with E-state index in [0.717, 1.165) is 16.8 Å². The number of pyridine rings is 1. The molecule has 0 bridgehead atoms. The quantitative estimate of drug-likeness (QED) is 0.210. The van der Waals surface area contributed by atoms with Crippen molar-refractivity contribution < 1.29 is 0 Å². The van der Waals surface area contributed by atoms with Crippen molar-refractivity contribution in [1.29, 1.82) is 0 Å². The maximum Gasteiger partial charge on any atom is 0.0787 e. The van der Waals surface area contributed by atoms with Gasteiger partial charge in [0.1, 0.15) is 0 Å². The molecule has 2 heterocycles. The van der Waals surface area contributed by atoms with Gasteiger partial charge in [-0.2, -0.15) is 0 Å². The topological polar surface area (TPSA) is 12.9 Å². The van der Waals surface area contributed by atoms with E-state index in [2.05, 4.69) is 127 Å². The first kappa shape index (κ1) is 21.2. The molecule has 9 rings (SSSR count). The van der Waals surface area contributed by atoms with Gasteiger partial charge in [0, 0.05) is 36.5 Å². The molecule has 0 radical (unpaired) electrons. The predicted molar refractivity (Wildman–Crippen MR) is 169 cm³/mol. The highest BCUT2D eigenvalue weighted by molar-refractivity contribution is 7.26. The van der Waals surface area contributed by atoms with Crippen LogP contribution in [0.3, 0.4) is 0 Å². The summed E-state index contributed by atoms with van der Waals surface area (Å²) in [4.78, 5) is 5.14. The van der Waals surface area contributed by atoms with Crippen LogP contribution in [0, 0.1) is 0 Å². The Morgan fingerprint density at radius 3 is 2.15 bits per heavy atom. The van der Waals surface area contributed by atoms with Crippen LogP contribution in [-0.2, 0) is 0 Å². The van der Waals surface area contributed by atoms with Crippen molar-refractivity contribution in [2.45, 2.75) is 0 Å². The van der Waals surface area contributed by atoms with E-state index in [1.165, 1.54) is 69.0 Å². The van der Waals surface area contributed by atoms with E-state index in [0.29, 0.717) is 0 Å². The van der Waals surface area contributed by atoms with Crippen molar-refractivity contribution in [2.75, 3.05) is 0 Å². The van der Waals surface area contributed by atoms with Crippen LogP contribution in [-0.4, -0.2) is 4.98 Å². The normalized spacial score (nSPS) is 12.1. The van der Waals surface area contributed by atoms with Gasteiger partial charge in [-0.3, -0.25) is 0 Å². The third-order valence-corrected chi connectivity index (χ3v) is 9.32. The van der Waals surface area contributed by atoms with E-state index >= 15 is 0 Å². The summed E-state index contributed by atoms with van der Waals surface area (Å²) in [5, 5.41) is 11.5. The maximum atomic E-state index is 5.14. The van der Waals surface area contributed by atoms with Gasteiger partial charge in [-0.05, 0) is 68.4 Å². The highest BCUT2D eigenvalue weighted by Crippen LogP contribution is 2.44. The summed E-state index contributed by atoms with van der Waals surface area (Å²) in [6, 6.07) is 46.5. The summed E-state index contributed by atoms with van der Waals surface area (Å²) >= 11 is 1.89. The molecule has 0 aliphatic carbocycles. The smallest absolute Gasteiger partial charge is 0.0787 e. The minimum Gasteiger partial charge on any atom is -0.247 e. The molecule has 7 aromatic carbocycles. The number of aromatic nitrogens is 1. The zero-order chi connectivity index (χ0) is 25.5. The fraction of sp³-hybridized carbons (Fsp3) is 0. The first-order valence-corrected chi connectivity index (χ1v) is 14.1. The van der Waals surface area contributed by atoms with E-state index in [1.807, 2.05) is 11.3 Å². The SMILES string of the molecule is c1ccc2c(c1)ccc1ccc(-c3ccc4ccc(-c5ccc6sc7cccc8ccc5c6c87)cc4c3)nc12. The van der Waals surface area contributed by atoms with Crippen LogP contribution in [0.15, 0.2) is 127 Å². The fourth-order valence-electron chi connectivity index (χ4n) is 6.29. The Bertz CT molecular complexity index is 2390. The lowest BCUT2D eigenvalue weighted by molar-refractivity contribution is 1.42. The van der Waals surface area contributed by atoms with Crippen molar-refractivity contribution in [3.8, 4) is 22.4 Å². The van der Waals surface area contributed by atoms with Gasteiger partial charge >= 0.3 is 0 Å². The Morgan fingerprint density at radius 2 is 1.18 bits per heavy atom. The highest BCUT2D eigenvalue weighted by Gasteiger charge is 2.15. The maximum absolute atomic E-state index is 5.14. The van der Waals surface area contributed by atoms with E-state index in [-0.39, 0.29) is 0 Å². The molecule has 0 aliphatic rings. The van der Waals surface area contributed by atoms with Crippen LogP contribution < -0.4 is 0 Å². The lowest BCUT2D eigenvalue weighted by Crippen LogP contribution is -1.88. The molecule has 0 amide bonds. The zero-order valence-electron chi connectivity index (χ0n) is 21.0. The van der Waals surface area contributed by atoms with Gasteiger partial charge in [-0.15, -0.1) is 11.3 Å². The Morgan fingerprint density at radius 1 is 0.436 bits per heavy atom. The lowest BCUT2D eigenvalue weighted by Gasteiger charge is -2.11. The molecule has 0 spiro atoms. The van der Waals surface area contributed by atoms with Crippen LogP contribution >= 0.6 is 11.3 Å². The molecule has 9 aromatic rings. The molecule has 2 aromatic heterocycles. The molecule has 0 aliphatic heterocycles. The Balaban J connectivity index is 1.22. The molecule has 0 saturated carbocycles. The van der Waals surface area contributed by atoms with Crippen LogP contribution in [0.1, 0.15) is 0 Å². The number of benzene rings is 7. The molecular weight excluding hydrogens is 490 g/mol. The summed E-state index contributed by atoms with van der Waals surface area (Å²) in [6.45, 7) is 0. The second-order valence-electron chi connectivity index (χ2n) is 10.4. The van der Waals surface area contributed by atoms with Gasteiger partial charge in [0.15, 0.2) is 0 Å². The summed E-state index contributed by atoms with van der Waals surface area (Å²) in [5.74, 6) is 0. The van der Waals surface area contributed by atoms with Crippen molar-refractivity contribution in [3.05, 3.63) is 127 Å². The van der Waals surface area contributed by atoms with Gasteiger partial charge in [0.2, 0.25) is 0 Å². The zero-order valence-corrected chi connectivity index (χ0v) is 21.8. The number of nitrogens with zero attached hydrogens (tertiary/aromatic N) is 1. The van der Waals surface area contributed by atoms with Gasteiger partial charge in [-0.1, -0.05) is 97.1 Å². The molecule has 180 valence electrons. The highest BCUT2D eigenvalue weighted by atomic mass is 32.1. The standard InChI is InChI=1S/C37H21NS/c1-2-6-30-23(4-1)10-11-25-15-18-32(38-37(25)30)27-13-9-22-8-12-26(20-28(22)21-27)29-17-19-34-36-31(29)16-14-24-5-3-7-33(39-34)35(24)36/h1-21H. The van der Waals surface area contributed by atoms with Crippen molar-refractivity contribution >= 4 is 74.7 Å². The summed E-state index contributed by atoms with van der Waals surface area (Å²) in [7, 11) is 0. The van der Waals surface area contributed by atoms with Crippen molar-refractivity contribution in [2.24, 2.45) is 0 Å². The average Bonchev–Trinajstić information content (AvgIpc) is 3.39. The molecule has 0 unspecified atom stereocenters. The van der Waals surface area contributed by atoms with Gasteiger partial charge in [-0.25, -0.2) is 4.98 Å². The molecule has 2 heteroatoms. The lowest BCUT2D eigenvalue weighted by atomic mass is 9.93. The average molecular weight is 512 g/mol. The van der Waals surface area contributed by atoms with E-state index in [1.54, 1.807) is 0 Å². The van der Waals surface area contributed by atoms with E-state index in [9.17, 15) is 0 Å². The Labute approximate surface area is 228 Å². The monoisotopic (exact) mass is 511 g/mol. The van der Waals surface area contributed by atoms with Crippen LogP contribution in [0.2, 0.25) is 0 Å². The Kier molecular flexibility index (Phi) is 4.27. The number of rotatable bonds is 2. The Hall–Kier alpha value is -4.79. The third-order valence-electron chi connectivity index (χ3n) is 8.20. The second kappa shape index (κ2) is 7.86. The number of fused-ring (bicyclic) bond motifs is 4. The second-order valence-corrected chi connectivity index (χ2v) is 11.5. The van der Waals surface area contributed by atoms with Crippen LogP contribution in [0.4, 0.5) is 0 Å². The summed E-state index contributed by atoms with van der Waals surface area (Å²) in [5.41, 5.74) is 5.73. The largest absolute Gasteiger partial charge is 0.247 e. The molecular formula is C37H21NS. The third kappa shape index (κ3) is 3.10. The minimum absolute atomic E-state index is 1.00. The summed E-state index contributed by atoms with van der Waals surface area (Å²) in [6.07, 6.45) is 0. The van der Waals surface area contributed by atoms with Crippen molar-refractivity contribution in [1.82, 2.24) is 4.98 Å².